The molecule has 0 spiro atoms. The van der Waals surface area contributed by atoms with Gasteiger partial charge in [0.25, 0.3) is 0 Å². The van der Waals surface area contributed by atoms with Gasteiger partial charge in [0.05, 0.1) is 7.11 Å². The molecule has 0 fully saturated rings. The second-order valence-electron chi connectivity index (χ2n) is 3.20. The van der Waals surface area contributed by atoms with E-state index in [2.05, 4.69) is 4.74 Å². The van der Waals surface area contributed by atoms with Crippen LogP contribution in [0.1, 0.15) is 13.8 Å². The molecule has 1 aliphatic rings. The van der Waals surface area contributed by atoms with Crippen molar-refractivity contribution >= 4 is 17.9 Å². The van der Waals surface area contributed by atoms with Crippen LogP contribution in [0.5, 0.6) is 0 Å². The number of esters is 2. The summed E-state index contributed by atoms with van der Waals surface area (Å²) in [5.74, 6) is -0.0529. The van der Waals surface area contributed by atoms with Crippen molar-refractivity contribution in [2.75, 3.05) is 13.7 Å². The van der Waals surface area contributed by atoms with Crippen LogP contribution in [0, 0.1) is 0 Å². The maximum atomic E-state index is 11.5. The van der Waals surface area contributed by atoms with Gasteiger partial charge in [0.2, 0.25) is 0 Å². The smallest absolute Gasteiger partial charge is 0.353 e. The third-order valence-corrected chi connectivity index (χ3v) is 2.22. The molecule has 0 amide bonds. The number of ether oxygens (including phenoxy) is 3. The fourth-order valence-corrected chi connectivity index (χ4v) is 1.47. The SMILES string of the molecule is CCOC1C(=C=O)C(=O)OC(C)=C1C(=O)OC. The summed E-state index contributed by atoms with van der Waals surface area (Å²) in [5.41, 5.74) is -0.356. The van der Waals surface area contributed by atoms with Crippen LogP contribution in [0.4, 0.5) is 0 Å². The lowest BCUT2D eigenvalue weighted by Crippen LogP contribution is -2.35. The normalized spacial score (nSPS) is 19.8. The van der Waals surface area contributed by atoms with E-state index < -0.39 is 18.0 Å². The Morgan fingerprint density at radius 3 is 2.65 bits per heavy atom. The number of hydrogen-bond donors (Lipinski definition) is 0. The Morgan fingerprint density at radius 2 is 2.18 bits per heavy atom. The molecule has 1 unspecified atom stereocenters. The first-order valence-corrected chi connectivity index (χ1v) is 4.94. The van der Waals surface area contributed by atoms with Crippen LogP contribution in [0.25, 0.3) is 0 Å². The summed E-state index contributed by atoms with van der Waals surface area (Å²) in [4.78, 5) is 33.6. The summed E-state index contributed by atoms with van der Waals surface area (Å²) in [7, 11) is 1.19. The molecule has 0 aromatic rings. The van der Waals surface area contributed by atoms with Gasteiger partial charge in [0.15, 0.2) is 5.57 Å². The lowest BCUT2D eigenvalue weighted by Gasteiger charge is -2.24. The summed E-state index contributed by atoms with van der Waals surface area (Å²) in [6.07, 6.45) is -1.08. The molecule has 1 heterocycles. The van der Waals surface area contributed by atoms with Crippen LogP contribution < -0.4 is 0 Å². The first-order valence-electron chi connectivity index (χ1n) is 4.94. The number of cyclic esters (lactones) is 1. The molecule has 0 aromatic heterocycles. The largest absolute Gasteiger partial charge is 0.465 e. The Morgan fingerprint density at radius 1 is 1.53 bits per heavy atom. The van der Waals surface area contributed by atoms with E-state index in [1.165, 1.54) is 20.0 Å². The van der Waals surface area contributed by atoms with E-state index in [4.69, 9.17) is 9.47 Å². The average Bonchev–Trinajstić information content (AvgIpc) is 2.29. The van der Waals surface area contributed by atoms with E-state index in [9.17, 15) is 14.4 Å². The van der Waals surface area contributed by atoms with Crippen LogP contribution in [-0.2, 0) is 28.6 Å². The highest BCUT2D eigenvalue weighted by molar-refractivity contribution is 6.05. The quantitative estimate of drug-likeness (QED) is 0.397. The zero-order valence-corrected chi connectivity index (χ0v) is 9.73. The molecule has 1 atom stereocenters. The maximum absolute atomic E-state index is 11.5. The van der Waals surface area contributed by atoms with Crippen molar-refractivity contribution in [3.63, 3.8) is 0 Å². The topological polar surface area (TPSA) is 78.9 Å². The van der Waals surface area contributed by atoms with Crippen LogP contribution in [0.3, 0.4) is 0 Å². The zero-order chi connectivity index (χ0) is 13.0. The fraction of sp³-hybridized carbons (Fsp3) is 0.455. The van der Waals surface area contributed by atoms with Gasteiger partial charge in [-0.2, -0.15) is 0 Å². The van der Waals surface area contributed by atoms with E-state index in [1.807, 2.05) is 0 Å². The Balaban J connectivity index is 3.29. The van der Waals surface area contributed by atoms with Crippen LogP contribution in [-0.4, -0.2) is 37.7 Å². The molecule has 0 saturated heterocycles. The van der Waals surface area contributed by atoms with Crippen molar-refractivity contribution < 1.29 is 28.6 Å². The van der Waals surface area contributed by atoms with E-state index >= 15 is 0 Å². The third kappa shape index (κ3) is 2.43. The van der Waals surface area contributed by atoms with Crippen molar-refractivity contribution in [1.29, 1.82) is 0 Å². The van der Waals surface area contributed by atoms with Gasteiger partial charge in [-0.3, -0.25) is 0 Å². The number of hydrogen-bond acceptors (Lipinski definition) is 6. The van der Waals surface area contributed by atoms with E-state index in [0.29, 0.717) is 0 Å². The molecule has 0 aliphatic carbocycles. The van der Waals surface area contributed by atoms with Gasteiger partial charge in [-0.05, 0) is 13.8 Å². The molecule has 1 aliphatic heterocycles. The molecular formula is C11H12O6. The number of allylic oxidation sites excluding steroid dienone is 1. The minimum absolute atomic E-state index is 0.00676. The minimum atomic E-state index is -1.08. The number of carbonyl (C=O) groups is 2. The summed E-state index contributed by atoms with van der Waals surface area (Å²) < 4.78 is 14.5. The van der Waals surface area contributed by atoms with Crippen LogP contribution in [0.15, 0.2) is 16.9 Å². The summed E-state index contributed by atoms with van der Waals surface area (Å²) >= 11 is 0. The van der Waals surface area contributed by atoms with Gasteiger partial charge in [-0.25, -0.2) is 14.4 Å². The van der Waals surface area contributed by atoms with Gasteiger partial charge in [-0.15, -0.1) is 0 Å². The second-order valence-corrected chi connectivity index (χ2v) is 3.20. The van der Waals surface area contributed by atoms with Crippen LogP contribution in [0.2, 0.25) is 0 Å². The summed E-state index contributed by atoms with van der Waals surface area (Å²) in [6.45, 7) is 3.32. The summed E-state index contributed by atoms with van der Waals surface area (Å²) in [5, 5.41) is 0. The maximum Gasteiger partial charge on any atom is 0.353 e. The van der Waals surface area contributed by atoms with Gasteiger partial charge < -0.3 is 14.2 Å². The molecule has 0 radical (unpaired) electrons. The first kappa shape index (κ1) is 13.2. The van der Waals surface area contributed by atoms with Crippen molar-refractivity contribution in [2.24, 2.45) is 0 Å². The molecule has 0 aromatic carbocycles. The molecule has 92 valence electrons. The van der Waals surface area contributed by atoms with Gasteiger partial charge in [-0.1, -0.05) is 0 Å². The Labute approximate surface area is 97.8 Å². The molecule has 0 saturated carbocycles. The van der Waals surface area contributed by atoms with Gasteiger partial charge in [0, 0.05) is 6.61 Å². The third-order valence-electron chi connectivity index (χ3n) is 2.22. The van der Waals surface area contributed by atoms with E-state index in [0.717, 1.165) is 0 Å². The van der Waals surface area contributed by atoms with Gasteiger partial charge >= 0.3 is 11.9 Å². The molecule has 17 heavy (non-hydrogen) atoms. The highest BCUT2D eigenvalue weighted by Crippen LogP contribution is 2.26. The average molecular weight is 240 g/mol. The monoisotopic (exact) mass is 240 g/mol. The fourth-order valence-electron chi connectivity index (χ4n) is 1.47. The lowest BCUT2D eigenvalue weighted by atomic mass is 9.99. The standard InChI is InChI=1S/C11H12O6/c1-4-16-9-7(5-12)10(13)17-6(2)8(9)11(14)15-3/h9H,4H2,1-3H3. The zero-order valence-electron chi connectivity index (χ0n) is 9.73. The van der Waals surface area contributed by atoms with Crippen molar-refractivity contribution in [2.45, 2.75) is 20.0 Å². The highest BCUT2D eigenvalue weighted by atomic mass is 16.6. The Bertz CT molecular complexity index is 427. The van der Waals surface area contributed by atoms with Crippen LogP contribution >= 0.6 is 0 Å². The van der Waals surface area contributed by atoms with Crippen molar-refractivity contribution in [3.05, 3.63) is 16.9 Å². The van der Waals surface area contributed by atoms with Crippen molar-refractivity contribution in [3.8, 4) is 0 Å². The molecule has 0 bridgehead atoms. The highest BCUT2D eigenvalue weighted by Gasteiger charge is 2.39. The molecule has 6 nitrogen and oxygen atoms in total. The Hall–Kier alpha value is -1.91. The van der Waals surface area contributed by atoms with E-state index in [1.54, 1.807) is 6.92 Å². The van der Waals surface area contributed by atoms with Gasteiger partial charge in [0.1, 0.15) is 23.4 Å². The number of carbonyl (C=O) groups excluding carboxylic acids is 3. The number of rotatable bonds is 3. The Kier molecular flexibility index (Phi) is 4.20. The molecule has 1 rings (SSSR count). The van der Waals surface area contributed by atoms with Crippen molar-refractivity contribution in [1.82, 2.24) is 0 Å². The first-order chi connectivity index (χ1) is 8.06. The predicted octanol–water partition coefficient (Wildman–Crippen LogP) is 0.153. The lowest BCUT2D eigenvalue weighted by molar-refractivity contribution is -0.142. The molecule has 0 N–H and O–H groups in total. The number of methoxy groups -OCH3 is 1. The van der Waals surface area contributed by atoms with E-state index in [-0.39, 0.29) is 23.5 Å². The molecule has 6 heteroatoms. The second kappa shape index (κ2) is 5.43. The molecular weight excluding hydrogens is 228 g/mol. The minimum Gasteiger partial charge on any atom is -0.465 e. The summed E-state index contributed by atoms with van der Waals surface area (Å²) in [6, 6.07) is 0. The predicted molar refractivity (Wildman–Crippen MR) is 55.4 cm³/mol.